The quantitative estimate of drug-likeness (QED) is 0.674. The molecule has 4 nitrogen and oxygen atoms in total. The predicted octanol–water partition coefficient (Wildman–Crippen LogP) is 2.97. The summed E-state index contributed by atoms with van der Waals surface area (Å²) in [5.41, 5.74) is 1.12. The maximum Gasteiger partial charge on any atom is 0.191 e. The lowest BCUT2D eigenvalue weighted by Crippen LogP contribution is -2.36. The molecule has 1 heterocycles. The van der Waals surface area contributed by atoms with Crippen LogP contribution in [0.25, 0.3) is 0 Å². The molecule has 0 fully saturated rings. The minimum absolute atomic E-state index is 0.682. The summed E-state index contributed by atoms with van der Waals surface area (Å²) in [5.74, 6) is 0.760. The highest BCUT2D eigenvalue weighted by Gasteiger charge is 2.01. The van der Waals surface area contributed by atoms with Gasteiger partial charge in [0.25, 0.3) is 0 Å². The Morgan fingerprint density at radius 3 is 2.80 bits per heavy atom. The van der Waals surface area contributed by atoms with Crippen LogP contribution in [0, 0.1) is 6.92 Å². The SMILES string of the molecule is CN=C(NCc1cccc(Cl)c1)NCc1cnc(C)s1. The second-order valence-corrected chi connectivity index (χ2v) is 6.01. The summed E-state index contributed by atoms with van der Waals surface area (Å²) in [7, 11) is 1.76. The van der Waals surface area contributed by atoms with Crippen molar-refractivity contribution in [2.24, 2.45) is 4.99 Å². The molecule has 0 bridgehead atoms. The molecule has 1 aromatic heterocycles. The number of aliphatic imine (C=N–C) groups is 1. The van der Waals surface area contributed by atoms with Crippen molar-refractivity contribution >= 4 is 28.9 Å². The molecular formula is C14H17ClN4S. The van der Waals surface area contributed by atoms with Crippen molar-refractivity contribution in [3.63, 3.8) is 0 Å². The molecule has 0 atom stereocenters. The normalized spacial score (nSPS) is 11.4. The topological polar surface area (TPSA) is 49.3 Å². The number of nitrogens with one attached hydrogen (secondary N) is 2. The largest absolute Gasteiger partial charge is 0.352 e. The van der Waals surface area contributed by atoms with E-state index in [-0.39, 0.29) is 0 Å². The van der Waals surface area contributed by atoms with E-state index in [1.807, 2.05) is 37.4 Å². The first-order valence-electron chi connectivity index (χ1n) is 6.27. The highest BCUT2D eigenvalue weighted by molar-refractivity contribution is 7.11. The molecule has 106 valence electrons. The van der Waals surface area contributed by atoms with Crippen molar-refractivity contribution in [1.82, 2.24) is 15.6 Å². The standard InChI is InChI=1S/C14H17ClN4S/c1-10-17-8-13(20-10)9-19-14(16-2)18-7-11-4-3-5-12(15)6-11/h3-6,8H,7,9H2,1-2H3,(H2,16,18,19). The number of rotatable bonds is 4. The number of hydrogen-bond acceptors (Lipinski definition) is 3. The smallest absolute Gasteiger partial charge is 0.191 e. The van der Waals surface area contributed by atoms with Gasteiger partial charge in [0.1, 0.15) is 0 Å². The van der Waals surface area contributed by atoms with Crippen molar-refractivity contribution in [1.29, 1.82) is 0 Å². The molecule has 0 amide bonds. The Labute approximate surface area is 127 Å². The maximum atomic E-state index is 5.96. The lowest BCUT2D eigenvalue weighted by atomic mass is 10.2. The second kappa shape index (κ2) is 7.26. The molecule has 1 aromatic carbocycles. The minimum Gasteiger partial charge on any atom is -0.352 e. The van der Waals surface area contributed by atoms with Gasteiger partial charge in [0, 0.05) is 29.7 Å². The number of benzene rings is 1. The van der Waals surface area contributed by atoms with E-state index in [1.54, 1.807) is 18.4 Å². The molecule has 2 N–H and O–H groups in total. The van der Waals surface area contributed by atoms with Gasteiger partial charge in [0.05, 0.1) is 11.6 Å². The molecule has 2 rings (SSSR count). The average Bonchev–Trinajstić information content (AvgIpc) is 2.85. The molecular weight excluding hydrogens is 292 g/mol. The number of halogens is 1. The maximum absolute atomic E-state index is 5.96. The first-order valence-corrected chi connectivity index (χ1v) is 7.47. The van der Waals surface area contributed by atoms with Gasteiger partial charge in [-0.15, -0.1) is 11.3 Å². The molecule has 0 aliphatic rings. The highest BCUT2D eigenvalue weighted by Crippen LogP contribution is 2.11. The van der Waals surface area contributed by atoms with E-state index in [2.05, 4.69) is 20.6 Å². The van der Waals surface area contributed by atoms with E-state index >= 15 is 0 Å². The van der Waals surface area contributed by atoms with Gasteiger partial charge < -0.3 is 10.6 Å². The summed E-state index contributed by atoms with van der Waals surface area (Å²) in [6, 6.07) is 7.77. The van der Waals surface area contributed by atoms with Gasteiger partial charge in [-0.1, -0.05) is 23.7 Å². The fourth-order valence-corrected chi connectivity index (χ4v) is 2.66. The number of thiazole rings is 1. The van der Waals surface area contributed by atoms with Crippen molar-refractivity contribution < 1.29 is 0 Å². The van der Waals surface area contributed by atoms with Gasteiger partial charge in [-0.2, -0.15) is 0 Å². The Kier molecular flexibility index (Phi) is 5.38. The molecule has 0 spiro atoms. The molecule has 0 aliphatic carbocycles. The summed E-state index contributed by atoms with van der Waals surface area (Å²) in [6.07, 6.45) is 1.89. The van der Waals surface area contributed by atoms with E-state index in [1.165, 1.54) is 4.88 Å². The number of hydrogen-bond donors (Lipinski definition) is 2. The third-order valence-electron chi connectivity index (χ3n) is 2.67. The van der Waals surface area contributed by atoms with E-state index in [0.29, 0.717) is 6.54 Å². The zero-order valence-electron chi connectivity index (χ0n) is 11.5. The van der Waals surface area contributed by atoms with E-state index in [9.17, 15) is 0 Å². The molecule has 0 saturated carbocycles. The Hall–Kier alpha value is -1.59. The van der Waals surface area contributed by atoms with Crippen LogP contribution in [0.1, 0.15) is 15.4 Å². The summed E-state index contributed by atoms with van der Waals surface area (Å²) >= 11 is 7.64. The third kappa shape index (κ3) is 4.51. The zero-order chi connectivity index (χ0) is 14.4. The van der Waals surface area contributed by atoms with Crippen molar-refractivity contribution in [3.05, 3.63) is 50.9 Å². The summed E-state index contributed by atoms with van der Waals surface area (Å²) in [6.45, 7) is 3.41. The van der Waals surface area contributed by atoms with E-state index < -0.39 is 0 Å². The number of nitrogens with zero attached hydrogens (tertiary/aromatic N) is 2. The monoisotopic (exact) mass is 308 g/mol. The van der Waals surface area contributed by atoms with Crippen LogP contribution in [0.3, 0.4) is 0 Å². The second-order valence-electron chi connectivity index (χ2n) is 4.25. The summed E-state index contributed by atoms with van der Waals surface area (Å²) in [4.78, 5) is 9.61. The van der Waals surface area contributed by atoms with Gasteiger partial charge >= 0.3 is 0 Å². The molecule has 6 heteroatoms. The van der Waals surface area contributed by atoms with Crippen LogP contribution < -0.4 is 10.6 Å². The average molecular weight is 309 g/mol. The lowest BCUT2D eigenvalue weighted by Gasteiger charge is -2.11. The van der Waals surface area contributed by atoms with Gasteiger partial charge in [0.2, 0.25) is 0 Å². The van der Waals surface area contributed by atoms with Crippen LogP contribution in [0.4, 0.5) is 0 Å². The van der Waals surface area contributed by atoms with Crippen LogP contribution in [0.5, 0.6) is 0 Å². The van der Waals surface area contributed by atoms with Crippen LogP contribution in [-0.2, 0) is 13.1 Å². The predicted molar refractivity (Wildman–Crippen MR) is 85.3 cm³/mol. The molecule has 2 aromatic rings. The molecule has 0 unspecified atom stereocenters. The fraction of sp³-hybridized carbons (Fsp3) is 0.286. The number of aromatic nitrogens is 1. The fourth-order valence-electron chi connectivity index (χ4n) is 1.71. The molecule has 0 saturated heterocycles. The van der Waals surface area contributed by atoms with Gasteiger partial charge in [-0.25, -0.2) is 4.98 Å². The van der Waals surface area contributed by atoms with Gasteiger partial charge in [0.15, 0.2) is 5.96 Å². The first kappa shape index (κ1) is 14.8. The molecule has 20 heavy (non-hydrogen) atoms. The van der Waals surface area contributed by atoms with Crippen LogP contribution in [-0.4, -0.2) is 18.0 Å². The minimum atomic E-state index is 0.682. The van der Waals surface area contributed by atoms with Gasteiger partial charge in [-0.3, -0.25) is 4.99 Å². The van der Waals surface area contributed by atoms with Gasteiger partial charge in [-0.05, 0) is 24.6 Å². The zero-order valence-corrected chi connectivity index (χ0v) is 13.1. The Bertz CT molecular complexity index is 594. The number of guanidine groups is 1. The summed E-state index contributed by atoms with van der Waals surface area (Å²) in [5, 5.41) is 8.33. The van der Waals surface area contributed by atoms with E-state index in [4.69, 9.17) is 11.6 Å². The Morgan fingerprint density at radius 1 is 1.35 bits per heavy atom. The van der Waals surface area contributed by atoms with E-state index in [0.717, 1.165) is 28.1 Å². The van der Waals surface area contributed by atoms with Crippen LogP contribution >= 0.6 is 22.9 Å². The van der Waals surface area contributed by atoms with Crippen LogP contribution in [0.2, 0.25) is 5.02 Å². The van der Waals surface area contributed by atoms with Crippen molar-refractivity contribution in [2.45, 2.75) is 20.0 Å². The first-order chi connectivity index (χ1) is 9.67. The molecule has 0 radical (unpaired) electrons. The third-order valence-corrected chi connectivity index (χ3v) is 3.82. The molecule has 0 aliphatic heterocycles. The Balaban J connectivity index is 1.84. The van der Waals surface area contributed by atoms with Crippen LogP contribution in [0.15, 0.2) is 35.5 Å². The van der Waals surface area contributed by atoms with Crippen molar-refractivity contribution in [2.75, 3.05) is 7.05 Å². The summed E-state index contributed by atoms with van der Waals surface area (Å²) < 4.78 is 0. The Morgan fingerprint density at radius 2 is 2.15 bits per heavy atom. The lowest BCUT2D eigenvalue weighted by molar-refractivity contribution is 0.814. The highest BCUT2D eigenvalue weighted by atomic mass is 35.5. The number of aryl methyl sites for hydroxylation is 1. The van der Waals surface area contributed by atoms with Crippen molar-refractivity contribution in [3.8, 4) is 0 Å².